The first-order valence-corrected chi connectivity index (χ1v) is 12.0. The minimum atomic E-state index is -1.04. The molecule has 2 N–H and O–H groups in total. The lowest BCUT2D eigenvalue weighted by atomic mass is 10.1. The smallest absolute Gasteiger partial charge is 0.335 e. The number of fused-ring (bicyclic) bond motifs is 1. The molecule has 170 valence electrons. The molecule has 1 aromatic carbocycles. The van der Waals surface area contributed by atoms with Crippen molar-refractivity contribution in [2.75, 3.05) is 0 Å². The van der Waals surface area contributed by atoms with E-state index < -0.39 is 5.97 Å². The second-order valence-corrected chi connectivity index (χ2v) is 8.38. The van der Waals surface area contributed by atoms with Gasteiger partial charge < -0.3 is 10.1 Å². The van der Waals surface area contributed by atoms with E-state index >= 15 is 0 Å². The molecule has 2 aromatic rings. The largest absolute Gasteiger partial charge is 0.478 e. The molecule has 0 aliphatic rings. The second kappa shape index (κ2) is 14.6. The Balaban J connectivity index is 1.56. The minimum Gasteiger partial charge on any atom is -0.478 e. The van der Waals surface area contributed by atoms with Crippen molar-refractivity contribution in [3.05, 3.63) is 52.1 Å². The second-order valence-electron chi connectivity index (χ2n) is 8.38. The molecule has 5 nitrogen and oxygen atoms in total. The summed E-state index contributed by atoms with van der Waals surface area (Å²) in [5, 5.41) is 9.38. The Hall–Kier alpha value is -2.43. The first-order valence-electron chi connectivity index (χ1n) is 12.0. The number of nitrogens with zero attached hydrogens (tertiary/aromatic N) is 1. The zero-order chi connectivity index (χ0) is 22.3. The van der Waals surface area contributed by atoms with Crippen LogP contribution in [0.25, 0.3) is 10.9 Å². The average Bonchev–Trinajstić information content (AvgIpc) is 2.76. The highest BCUT2D eigenvalue weighted by Gasteiger charge is 2.08. The number of aromatic carboxylic acids is 1. The Bertz CT molecular complexity index is 886. The summed E-state index contributed by atoms with van der Waals surface area (Å²) < 4.78 is 0. The summed E-state index contributed by atoms with van der Waals surface area (Å²) in [4.78, 5) is 30.6. The van der Waals surface area contributed by atoms with Crippen LogP contribution in [0.5, 0.6) is 0 Å². The molecule has 0 aliphatic carbocycles. The number of aromatic nitrogens is 2. The highest BCUT2D eigenvalue weighted by atomic mass is 16.4. The maximum absolute atomic E-state index is 12.2. The highest BCUT2D eigenvalue weighted by Crippen LogP contribution is 2.13. The summed E-state index contributed by atoms with van der Waals surface area (Å²) in [7, 11) is 0. The Morgan fingerprint density at radius 1 is 0.935 bits per heavy atom. The third-order valence-corrected chi connectivity index (χ3v) is 5.68. The Morgan fingerprint density at radius 2 is 1.55 bits per heavy atom. The molecule has 0 amide bonds. The van der Waals surface area contributed by atoms with Crippen LogP contribution in [0.4, 0.5) is 0 Å². The lowest BCUT2D eigenvalue weighted by Gasteiger charge is -2.04. The number of carboxylic acid groups (broad SMARTS) is 1. The SMILES string of the molecule is CCCCCCCC/C=C\CCCCCCCc1nc2ccc(C(=O)O)cc2c(=O)[nH]1. The van der Waals surface area contributed by atoms with Crippen molar-refractivity contribution >= 4 is 16.9 Å². The Labute approximate surface area is 186 Å². The van der Waals surface area contributed by atoms with E-state index in [0.29, 0.717) is 16.7 Å². The average molecular weight is 427 g/mol. The topological polar surface area (TPSA) is 83.0 Å². The van der Waals surface area contributed by atoms with Crippen molar-refractivity contribution in [1.29, 1.82) is 0 Å². The van der Waals surface area contributed by atoms with Crippen LogP contribution in [-0.4, -0.2) is 21.0 Å². The van der Waals surface area contributed by atoms with Crippen LogP contribution >= 0.6 is 0 Å². The van der Waals surface area contributed by atoms with Gasteiger partial charge in [0, 0.05) is 6.42 Å². The van der Waals surface area contributed by atoms with Crippen LogP contribution < -0.4 is 5.56 Å². The molecule has 0 aliphatic heterocycles. The number of hydrogen-bond acceptors (Lipinski definition) is 3. The van der Waals surface area contributed by atoms with Gasteiger partial charge in [-0.15, -0.1) is 0 Å². The first-order chi connectivity index (χ1) is 15.1. The van der Waals surface area contributed by atoms with Crippen molar-refractivity contribution in [2.45, 2.75) is 96.8 Å². The molecule has 5 heteroatoms. The molecule has 0 unspecified atom stereocenters. The van der Waals surface area contributed by atoms with E-state index in [9.17, 15) is 9.59 Å². The number of allylic oxidation sites excluding steroid dienone is 2. The number of carboxylic acids is 1. The van der Waals surface area contributed by atoms with Crippen LogP contribution in [-0.2, 0) is 6.42 Å². The first kappa shape index (κ1) is 24.8. The van der Waals surface area contributed by atoms with Gasteiger partial charge in [-0.3, -0.25) is 4.79 Å². The van der Waals surface area contributed by atoms with Crippen LogP contribution in [0.2, 0.25) is 0 Å². The number of aromatic amines is 1. The Kier molecular flexibility index (Phi) is 11.7. The fraction of sp³-hybridized carbons (Fsp3) is 0.577. The van der Waals surface area contributed by atoms with Crippen LogP contribution in [0.15, 0.2) is 35.1 Å². The van der Waals surface area contributed by atoms with Gasteiger partial charge >= 0.3 is 5.97 Å². The number of H-pyrrole nitrogens is 1. The van der Waals surface area contributed by atoms with Crippen molar-refractivity contribution in [3.63, 3.8) is 0 Å². The Morgan fingerprint density at radius 3 is 2.19 bits per heavy atom. The zero-order valence-electron chi connectivity index (χ0n) is 19.0. The third kappa shape index (κ3) is 9.50. The van der Waals surface area contributed by atoms with Crippen molar-refractivity contribution in [2.24, 2.45) is 0 Å². The predicted molar refractivity (Wildman–Crippen MR) is 128 cm³/mol. The fourth-order valence-corrected chi connectivity index (χ4v) is 3.80. The monoisotopic (exact) mass is 426 g/mol. The fourth-order valence-electron chi connectivity index (χ4n) is 3.80. The van der Waals surface area contributed by atoms with Crippen molar-refractivity contribution in [3.8, 4) is 0 Å². The molecule has 0 bridgehead atoms. The van der Waals surface area contributed by atoms with Gasteiger partial charge in [-0.1, -0.05) is 70.4 Å². The summed E-state index contributed by atoms with van der Waals surface area (Å²) >= 11 is 0. The van der Waals surface area contributed by atoms with E-state index in [0.717, 1.165) is 19.3 Å². The molecule has 0 spiro atoms. The van der Waals surface area contributed by atoms with Gasteiger partial charge in [0.25, 0.3) is 5.56 Å². The standard InChI is InChI=1S/C26H38N2O3/c1-2-3-4-5-6-7-8-9-10-11-12-13-14-15-16-17-24-27-23-19-18-21(26(30)31)20-22(23)25(29)28-24/h9-10,18-20H,2-8,11-17H2,1H3,(H,30,31)(H,27,28,29)/b10-9-. The number of hydrogen-bond donors (Lipinski definition) is 2. The molecular formula is C26H38N2O3. The number of rotatable bonds is 16. The van der Waals surface area contributed by atoms with Gasteiger partial charge in [0.1, 0.15) is 5.82 Å². The van der Waals surface area contributed by atoms with Crippen molar-refractivity contribution < 1.29 is 9.90 Å². The molecule has 0 radical (unpaired) electrons. The summed E-state index contributed by atoms with van der Waals surface area (Å²) in [5.41, 5.74) is 0.386. The van der Waals surface area contributed by atoms with Crippen LogP contribution in [0.1, 0.15) is 107 Å². The van der Waals surface area contributed by atoms with Crippen molar-refractivity contribution in [1.82, 2.24) is 9.97 Å². The summed E-state index contributed by atoms with van der Waals surface area (Å²) in [6.07, 6.45) is 21.8. The van der Waals surface area contributed by atoms with Gasteiger partial charge in [0.2, 0.25) is 0 Å². The van der Waals surface area contributed by atoms with E-state index in [1.807, 2.05) is 0 Å². The zero-order valence-corrected chi connectivity index (χ0v) is 19.0. The maximum atomic E-state index is 12.2. The molecule has 1 aromatic heterocycles. The van der Waals surface area contributed by atoms with Gasteiger partial charge in [-0.25, -0.2) is 9.78 Å². The predicted octanol–water partition coefficient (Wildman–Crippen LogP) is 6.81. The van der Waals surface area contributed by atoms with Gasteiger partial charge in [0.05, 0.1) is 16.5 Å². The normalized spacial score (nSPS) is 11.5. The van der Waals surface area contributed by atoms with E-state index in [4.69, 9.17) is 5.11 Å². The molecule has 1 heterocycles. The number of benzene rings is 1. The molecule has 0 saturated carbocycles. The van der Waals surface area contributed by atoms with E-state index in [2.05, 4.69) is 29.0 Å². The highest BCUT2D eigenvalue weighted by molar-refractivity contribution is 5.92. The number of aryl methyl sites for hydroxylation is 1. The summed E-state index contributed by atoms with van der Waals surface area (Å²) in [6, 6.07) is 4.48. The quantitative estimate of drug-likeness (QED) is 0.228. The molecular weight excluding hydrogens is 388 g/mol. The summed E-state index contributed by atoms with van der Waals surface area (Å²) in [5.74, 6) is -0.364. The molecule has 2 rings (SSSR count). The number of unbranched alkanes of at least 4 members (excludes halogenated alkanes) is 11. The molecule has 0 saturated heterocycles. The van der Waals surface area contributed by atoms with Gasteiger partial charge in [-0.05, 0) is 50.3 Å². The van der Waals surface area contributed by atoms with E-state index in [-0.39, 0.29) is 11.1 Å². The van der Waals surface area contributed by atoms with E-state index in [1.165, 1.54) is 82.8 Å². The lowest BCUT2D eigenvalue weighted by Crippen LogP contribution is -2.12. The molecule has 31 heavy (non-hydrogen) atoms. The third-order valence-electron chi connectivity index (χ3n) is 5.68. The van der Waals surface area contributed by atoms with Crippen LogP contribution in [0.3, 0.4) is 0 Å². The molecule has 0 atom stereocenters. The molecule has 0 fully saturated rings. The minimum absolute atomic E-state index is 0.102. The van der Waals surface area contributed by atoms with Gasteiger partial charge in [-0.2, -0.15) is 0 Å². The van der Waals surface area contributed by atoms with E-state index in [1.54, 1.807) is 6.07 Å². The summed E-state index contributed by atoms with van der Waals surface area (Å²) in [6.45, 7) is 2.26. The lowest BCUT2D eigenvalue weighted by molar-refractivity contribution is 0.0697. The number of nitrogens with one attached hydrogen (secondary N) is 1. The number of carbonyl (C=O) groups is 1. The van der Waals surface area contributed by atoms with Gasteiger partial charge in [0.15, 0.2) is 0 Å². The maximum Gasteiger partial charge on any atom is 0.335 e. The van der Waals surface area contributed by atoms with Crippen LogP contribution in [0, 0.1) is 0 Å².